The van der Waals surface area contributed by atoms with E-state index in [0.717, 1.165) is 24.4 Å². The van der Waals surface area contributed by atoms with Gasteiger partial charge in [0.2, 0.25) is 0 Å². The van der Waals surface area contributed by atoms with E-state index in [1.54, 1.807) is 0 Å². The number of anilines is 2. The van der Waals surface area contributed by atoms with Crippen molar-refractivity contribution in [3.8, 4) is 0 Å². The number of nitrogen functional groups attached to an aromatic ring is 1. The molecule has 0 spiro atoms. The topological polar surface area (TPSA) is 71.2 Å². The van der Waals surface area contributed by atoms with E-state index in [2.05, 4.69) is 21.5 Å². The minimum Gasteiger partial charge on any atom is -0.382 e. The summed E-state index contributed by atoms with van der Waals surface area (Å²) in [7, 11) is 0. The Kier molecular flexibility index (Phi) is 2.89. The van der Waals surface area contributed by atoms with Crippen LogP contribution in [0.4, 0.5) is 10.8 Å². The summed E-state index contributed by atoms with van der Waals surface area (Å²) in [4.78, 5) is 14.5. The molecule has 3 N–H and O–H groups in total. The zero-order valence-electron chi connectivity index (χ0n) is 10.5. The summed E-state index contributed by atoms with van der Waals surface area (Å²) in [6, 6.07) is 0.919. The minimum absolute atomic E-state index is 0.0575. The van der Waals surface area contributed by atoms with Gasteiger partial charge >= 0.3 is 0 Å². The summed E-state index contributed by atoms with van der Waals surface area (Å²) in [5.74, 6) is 0.310. The lowest BCUT2D eigenvalue weighted by atomic mass is 10.2. The molecule has 2 aliphatic carbocycles. The first-order chi connectivity index (χ1) is 8.70. The maximum Gasteiger partial charge on any atom is 0.258 e. The fourth-order valence-electron chi connectivity index (χ4n) is 2.14. The number of rotatable bonds is 5. The summed E-state index contributed by atoms with van der Waals surface area (Å²) in [5.41, 5.74) is 6.45. The average Bonchev–Trinajstić information content (AvgIpc) is 3.22. The highest BCUT2D eigenvalue weighted by Crippen LogP contribution is 2.38. The number of carbonyl (C=O) groups is 1. The van der Waals surface area contributed by atoms with E-state index in [0.29, 0.717) is 23.5 Å². The Morgan fingerprint density at radius 3 is 2.78 bits per heavy atom. The van der Waals surface area contributed by atoms with Gasteiger partial charge in [-0.15, -0.1) is 0 Å². The molecule has 6 heteroatoms. The fraction of sp³-hybridized carbons (Fsp3) is 0.667. The molecule has 0 unspecified atom stereocenters. The molecule has 2 fully saturated rings. The number of carbonyl (C=O) groups excluding carboxylic acids is 1. The van der Waals surface area contributed by atoms with Gasteiger partial charge in [0.25, 0.3) is 5.91 Å². The van der Waals surface area contributed by atoms with Crippen molar-refractivity contribution >= 4 is 28.3 Å². The van der Waals surface area contributed by atoms with Crippen molar-refractivity contribution in [2.45, 2.75) is 44.7 Å². The standard InChI is InChI=1S/C12H18N4OS/c1-2-16(8-5-6-8)12-9(10(13)15-18-12)11(17)14-7-3-4-7/h7-8H,2-6H2,1H3,(H2,13,15)(H,14,17). The summed E-state index contributed by atoms with van der Waals surface area (Å²) in [6.07, 6.45) is 4.57. The molecule has 5 nitrogen and oxygen atoms in total. The summed E-state index contributed by atoms with van der Waals surface area (Å²) in [5, 5.41) is 3.94. The highest BCUT2D eigenvalue weighted by molar-refractivity contribution is 7.11. The Hall–Kier alpha value is -1.30. The van der Waals surface area contributed by atoms with Crippen molar-refractivity contribution in [2.75, 3.05) is 17.2 Å². The lowest BCUT2D eigenvalue weighted by Crippen LogP contribution is -2.30. The normalized spacial score (nSPS) is 18.7. The minimum atomic E-state index is -0.0575. The molecule has 3 rings (SSSR count). The number of hydrogen-bond acceptors (Lipinski definition) is 5. The molecule has 0 bridgehead atoms. The van der Waals surface area contributed by atoms with Crippen molar-refractivity contribution in [3.63, 3.8) is 0 Å². The molecule has 0 aromatic carbocycles. The van der Waals surface area contributed by atoms with Crippen LogP contribution in [0, 0.1) is 0 Å². The molecule has 2 saturated carbocycles. The predicted octanol–water partition coefficient (Wildman–Crippen LogP) is 1.61. The van der Waals surface area contributed by atoms with E-state index in [-0.39, 0.29) is 5.91 Å². The number of nitrogens with one attached hydrogen (secondary N) is 1. The maximum absolute atomic E-state index is 12.2. The Morgan fingerprint density at radius 2 is 2.22 bits per heavy atom. The van der Waals surface area contributed by atoms with Crippen LogP contribution in [-0.2, 0) is 0 Å². The van der Waals surface area contributed by atoms with E-state index in [4.69, 9.17) is 5.73 Å². The molecule has 1 aromatic rings. The molecule has 1 heterocycles. The van der Waals surface area contributed by atoms with Gasteiger partial charge in [0.05, 0.1) is 0 Å². The van der Waals surface area contributed by atoms with Crippen molar-refractivity contribution in [1.82, 2.24) is 9.69 Å². The van der Waals surface area contributed by atoms with E-state index >= 15 is 0 Å². The van der Waals surface area contributed by atoms with Gasteiger partial charge in [-0.05, 0) is 44.1 Å². The highest BCUT2D eigenvalue weighted by atomic mass is 32.1. The van der Waals surface area contributed by atoms with Gasteiger partial charge in [-0.1, -0.05) is 0 Å². The summed E-state index contributed by atoms with van der Waals surface area (Å²) < 4.78 is 4.16. The first-order valence-corrected chi connectivity index (χ1v) is 7.30. The van der Waals surface area contributed by atoms with Gasteiger partial charge in [0, 0.05) is 18.6 Å². The zero-order valence-corrected chi connectivity index (χ0v) is 11.3. The van der Waals surface area contributed by atoms with Gasteiger partial charge in [-0.3, -0.25) is 4.79 Å². The molecule has 1 amide bonds. The van der Waals surface area contributed by atoms with Gasteiger partial charge in [0.15, 0.2) is 5.82 Å². The molecule has 0 atom stereocenters. The molecular weight excluding hydrogens is 248 g/mol. The maximum atomic E-state index is 12.2. The second-order valence-electron chi connectivity index (χ2n) is 5.01. The van der Waals surface area contributed by atoms with E-state index in [9.17, 15) is 4.79 Å². The number of nitrogens with zero attached hydrogens (tertiary/aromatic N) is 2. The Morgan fingerprint density at radius 1 is 1.50 bits per heavy atom. The molecule has 0 radical (unpaired) electrons. The summed E-state index contributed by atoms with van der Waals surface area (Å²) >= 11 is 1.34. The number of aromatic nitrogens is 1. The third-order valence-electron chi connectivity index (χ3n) is 3.43. The van der Waals surface area contributed by atoms with Crippen molar-refractivity contribution in [1.29, 1.82) is 0 Å². The van der Waals surface area contributed by atoms with Gasteiger partial charge in [-0.2, -0.15) is 4.37 Å². The third kappa shape index (κ3) is 2.16. The largest absolute Gasteiger partial charge is 0.382 e. The van der Waals surface area contributed by atoms with E-state index < -0.39 is 0 Å². The lowest BCUT2D eigenvalue weighted by molar-refractivity contribution is 0.0952. The molecular formula is C12H18N4OS. The second-order valence-corrected chi connectivity index (χ2v) is 5.76. The first-order valence-electron chi connectivity index (χ1n) is 6.53. The third-order valence-corrected chi connectivity index (χ3v) is 4.33. The van der Waals surface area contributed by atoms with Crippen LogP contribution in [-0.4, -0.2) is 28.9 Å². The molecule has 2 aliphatic rings. The van der Waals surface area contributed by atoms with E-state index in [1.165, 1.54) is 24.4 Å². The Labute approximate surface area is 111 Å². The average molecular weight is 266 g/mol. The van der Waals surface area contributed by atoms with Crippen LogP contribution in [0.25, 0.3) is 0 Å². The van der Waals surface area contributed by atoms with Crippen LogP contribution in [0.2, 0.25) is 0 Å². The fourth-order valence-corrected chi connectivity index (χ4v) is 3.09. The molecule has 98 valence electrons. The SMILES string of the molecule is CCN(c1snc(N)c1C(=O)NC1CC1)C1CC1. The monoisotopic (exact) mass is 266 g/mol. The smallest absolute Gasteiger partial charge is 0.258 e. The van der Waals surface area contributed by atoms with Gasteiger partial charge in [-0.25, -0.2) is 0 Å². The molecule has 0 aliphatic heterocycles. The summed E-state index contributed by atoms with van der Waals surface area (Å²) in [6.45, 7) is 3.01. The quantitative estimate of drug-likeness (QED) is 0.849. The highest BCUT2D eigenvalue weighted by Gasteiger charge is 2.34. The molecule has 18 heavy (non-hydrogen) atoms. The van der Waals surface area contributed by atoms with Crippen molar-refractivity contribution in [3.05, 3.63) is 5.56 Å². The van der Waals surface area contributed by atoms with Crippen molar-refractivity contribution in [2.24, 2.45) is 0 Å². The Balaban J connectivity index is 1.86. The van der Waals surface area contributed by atoms with Crippen LogP contribution >= 0.6 is 11.5 Å². The predicted molar refractivity (Wildman–Crippen MR) is 73.1 cm³/mol. The second kappa shape index (κ2) is 4.42. The van der Waals surface area contributed by atoms with Gasteiger partial charge < -0.3 is 16.0 Å². The van der Waals surface area contributed by atoms with E-state index in [1.807, 2.05) is 0 Å². The number of nitrogens with two attached hydrogens (primary N) is 1. The van der Waals surface area contributed by atoms with Crippen LogP contribution in [0.3, 0.4) is 0 Å². The van der Waals surface area contributed by atoms with Crippen molar-refractivity contribution < 1.29 is 4.79 Å². The van der Waals surface area contributed by atoms with Crippen LogP contribution in [0.15, 0.2) is 0 Å². The van der Waals surface area contributed by atoms with Crippen LogP contribution < -0.4 is 16.0 Å². The van der Waals surface area contributed by atoms with Crippen LogP contribution in [0.1, 0.15) is 43.0 Å². The first kappa shape index (κ1) is 11.8. The zero-order chi connectivity index (χ0) is 12.7. The van der Waals surface area contributed by atoms with Gasteiger partial charge in [0.1, 0.15) is 10.6 Å². The molecule has 1 aromatic heterocycles. The lowest BCUT2D eigenvalue weighted by Gasteiger charge is -2.21. The number of amides is 1. The Bertz CT molecular complexity index is 465. The number of hydrogen-bond donors (Lipinski definition) is 2. The van der Waals surface area contributed by atoms with Crippen LogP contribution in [0.5, 0.6) is 0 Å². The molecule has 0 saturated heterocycles.